The number of hydrogen-bond acceptors (Lipinski definition) is 4. The van der Waals surface area contributed by atoms with E-state index < -0.39 is 0 Å². The summed E-state index contributed by atoms with van der Waals surface area (Å²) in [5.74, 6) is 0.162. The van der Waals surface area contributed by atoms with E-state index in [1.165, 1.54) is 7.11 Å². The lowest BCUT2D eigenvalue weighted by Gasteiger charge is -2.34. The Labute approximate surface area is 136 Å². The van der Waals surface area contributed by atoms with Crippen molar-refractivity contribution in [3.05, 3.63) is 59.7 Å². The minimum absolute atomic E-state index is 0.206. The maximum Gasteiger partial charge on any atom is 0.305 e. The molecule has 0 aliphatic rings. The van der Waals surface area contributed by atoms with Gasteiger partial charge in [0, 0.05) is 11.8 Å². The van der Waals surface area contributed by atoms with Gasteiger partial charge < -0.3 is 14.9 Å². The Bertz CT molecular complexity index is 599. The van der Waals surface area contributed by atoms with Gasteiger partial charge in [-0.25, -0.2) is 0 Å². The third-order valence-electron chi connectivity index (χ3n) is 4.43. The molecule has 2 rings (SSSR count). The van der Waals surface area contributed by atoms with Gasteiger partial charge in [-0.3, -0.25) is 4.79 Å². The van der Waals surface area contributed by atoms with Crippen LogP contribution in [0.5, 0.6) is 11.5 Å². The average Bonchev–Trinajstić information content (AvgIpc) is 2.58. The van der Waals surface area contributed by atoms with Gasteiger partial charge in [0.15, 0.2) is 0 Å². The van der Waals surface area contributed by atoms with Gasteiger partial charge in [-0.2, -0.15) is 0 Å². The standard InChI is InChI=1S/C19H22O4/c1-3-19(13-12-18(22)23-2,14-4-8-16(20)9-5-14)15-6-10-17(21)11-7-15/h4-11,20-21H,3,12-13H2,1-2H3. The van der Waals surface area contributed by atoms with Crippen molar-refractivity contribution in [3.63, 3.8) is 0 Å². The van der Waals surface area contributed by atoms with E-state index in [1.54, 1.807) is 24.3 Å². The van der Waals surface area contributed by atoms with Crippen LogP contribution in [-0.4, -0.2) is 23.3 Å². The van der Waals surface area contributed by atoms with Gasteiger partial charge >= 0.3 is 5.97 Å². The lowest BCUT2D eigenvalue weighted by Crippen LogP contribution is -2.28. The third-order valence-corrected chi connectivity index (χ3v) is 4.43. The van der Waals surface area contributed by atoms with Gasteiger partial charge in [-0.15, -0.1) is 0 Å². The summed E-state index contributed by atoms with van der Waals surface area (Å²) in [7, 11) is 1.39. The van der Waals surface area contributed by atoms with Crippen LogP contribution in [0, 0.1) is 0 Å². The smallest absolute Gasteiger partial charge is 0.305 e. The molecule has 0 unspecified atom stereocenters. The summed E-state index contributed by atoms with van der Waals surface area (Å²) in [5, 5.41) is 19.1. The predicted octanol–water partition coefficient (Wildman–Crippen LogP) is 3.75. The van der Waals surface area contributed by atoms with Crippen LogP contribution in [-0.2, 0) is 14.9 Å². The molecular formula is C19H22O4. The first-order chi connectivity index (χ1) is 11.0. The molecule has 2 N–H and O–H groups in total. The van der Waals surface area contributed by atoms with Crippen molar-refractivity contribution in [2.75, 3.05) is 7.11 Å². The van der Waals surface area contributed by atoms with E-state index in [2.05, 4.69) is 6.92 Å². The molecule has 2 aromatic carbocycles. The van der Waals surface area contributed by atoms with E-state index in [4.69, 9.17) is 4.74 Å². The number of aromatic hydroxyl groups is 2. The van der Waals surface area contributed by atoms with E-state index in [0.29, 0.717) is 12.8 Å². The fourth-order valence-corrected chi connectivity index (χ4v) is 3.02. The zero-order valence-corrected chi connectivity index (χ0v) is 13.5. The van der Waals surface area contributed by atoms with Crippen molar-refractivity contribution in [3.8, 4) is 11.5 Å². The van der Waals surface area contributed by atoms with Gasteiger partial charge in [0.05, 0.1) is 7.11 Å². The van der Waals surface area contributed by atoms with E-state index in [0.717, 1.165) is 17.5 Å². The Morgan fingerprint density at radius 2 is 1.39 bits per heavy atom. The molecule has 0 fully saturated rings. The van der Waals surface area contributed by atoms with Gasteiger partial charge in [0.25, 0.3) is 0 Å². The van der Waals surface area contributed by atoms with Crippen molar-refractivity contribution in [1.29, 1.82) is 0 Å². The summed E-state index contributed by atoms with van der Waals surface area (Å²) in [4.78, 5) is 11.6. The number of phenolic OH excluding ortho intramolecular Hbond substituents is 2. The first-order valence-corrected chi connectivity index (χ1v) is 7.67. The molecule has 0 atom stereocenters. The maximum absolute atomic E-state index is 11.6. The van der Waals surface area contributed by atoms with Crippen LogP contribution in [0.2, 0.25) is 0 Å². The molecule has 0 spiro atoms. The first kappa shape index (κ1) is 16.9. The van der Waals surface area contributed by atoms with E-state index >= 15 is 0 Å². The van der Waals surface area contributed by atoms with Crippen LogP contribution in [0.3, 0.4) is 0 Å². The molecular weight excluding hydrogens is 292 g/mol. The van der Waals surface area contributed by atoms with Gasteiger partial charge in [-0.1, -0.05) is 31.2 Å². The van der Waals surface area contributed by atoms with Crippen molar-refractivity contribution >= 4 is 5.97 Å². The summed E-state index contributed by atoms with van der Waals surface area (Å²) in [6.07, 6.45) is 1.66. The molecule has 0 radical (unpaired) electrons. The van der Waals surface area contributed by atoms with Gasteiger partial charge in [0.2, 0.25) is 0 Å². The molecule has 0 amide bonds. The van der Waals surface area contributed by atoms with Crippen LogP contribution in [0.1, 0.15) is 37.3 Å². The number of ether oxygens (including phenoxy) is 1. The monoisotopic (exact) mass is 314 g/mol. The van der Waals surface area contributed by atoms with Crippen molar-refractivity contribution in [1.82, 2.24) is 0 Å². The highest BCUT2D eigenvalue weighted by atomic mass is 16.5. The Morgan fingerprint density at radius 1 is 0.957 bits per heavy atom. The molecule has 0 saturated heterocycles. The summed E-state index contributed by atoms with van der Waals surface area (Å²) in [5.41, 5.74) is 1.66. The summed E-state index contributed by atoms with van der Waals surface area (Å²) < 4.78 is 4.78. The molecule has 0 heterocycles. The van der Waals surface area contributed by atoms with Crippen LogP contribution in [0.25, 0.3) is 0 Å². The van der Waals surface area contributed by atoms with Crippen LogP contribution < -0.4 is 0 Å². The molecule has 4 nitrogen and oxygen atoms in total. The fraction of sp³-hybridized carbons (Fsp3) is 0.316. The summed E-state index contributed by atoms with van der Waals surface area (Å²) in [6, 6.07) is 14.1. The second kappa shape index (κ2) is 7.18. The van der Waals surface area contributed by atoms with Crippen LogP contribution >= 0.6 is 0 Å². The minimum atomic E-state index is -0.379. The number of esters is 1. The number of hydrogen-bond donors (Lipinski definition) is 2. The minimum Gasteiger partial charge on any atom is -0.508 e. The predicted molar refractivity (Wildman–Crippen MR) is 88.5 cm³/mol. The number of benzene rings is 2. The molecule has 0 saturated carbocycles. The highest BCUT2D eigenvalue weighted by Gasteiger charge is 2.33. The molecule has 0 aliphatic carbocycles. The van der Waals surface area contributed by atoms with Gasteiger partial charge in [0.1, 0.15) is 11.5 Å². The van der Waals surface area contributed by atoms with Crippen LogP contribution in [0.4, 0.5) is 0 Å². The molecule has 122 valence electrons. The normalized spacial score (nSPS) is 11.2. The maximum atomic E-state index is 11.6. The highest BCUT2D eigenvalue weighted by Crippen LogP contribution is 2.41. The number of phenols is 2. The Balaban J connectivity index is 2.48. The molecule has 0 bridgehead atoms. The quantitative estimate of drug-likeness (QED) is 0.797. The average molecular weight is 314 g/mol. The van der Waals surface area contributed by atoms with Crippen molar-refractivity contribution in [2.45, 2.75) is 31.6 Å². The third kappa shape index (κ3) is 3.65. The second-order valence-corrected chi connectivity index (χ2v) is 5.61. The Kier molecular flexibility index (Phi) is 5.27. The van der Waals surface area contributed by atoms with E-state index in [-0.39, 0.29) is 22.9 Å². The topological polar surface area (TPSA) is 66.8 Å². The molecule has 2 aromatic rings. The molecule has 23 heavy (non-hydrogen) atoms. The number of carbonyl (C=O) groups excluding carboxylic acids is 1. The van der Waals surface area contributed by atoms with Gasteiger partial charge in [-0.05, 0) is 48.2 Å². The number of methoxy groups -OCH3 is 1. The number of rotatable bonds is 6. The number of carbonyl (C=O) groups is 1. The lowest BCUT2D eigenvalue weighted by molar-refractivity contribution is -0.141. The highest BCUT2D eigenvalue weighted by molar-refractivity contribution is 5.69. The first-order valence-electron chi connectivity index (χ1n) is 7.67. The van der Waals surface area contributed by atoms with Crippen LogP contribution in [0.15, 0.2) is 48.5 Å². The van der Waals surface area contributed by atoms with Crippen molar-refractivity contribution in [2.24, 2.45) is 0 Å². The zero-order chi connectivity index (χ0) is 16.9. The zero-order valence-electron chi connectivity index (χ0n) is 13.5. The molecule has 4 heteroatoms. The lowest BCUT2D eigenvalue weighted by atomic mass is 9.69. The Hall–Kier alpha value is -2.49. The van der Waals surface area contributed by atoms with E-state index in [9.17, 15) is 15.0 Å². The SMILES string of the molecule is CCC(CCC(=O)OC)(c1ccc(O)cc1)c1ccc(O)cc1. The van der Waals surface area contributed by atoms with Crippen molar-refractivity contribution < 1.29 is 19.7 Å². The summed E-state index contributed by atoms with van der Waals surface area (Å²) >= 11 is 0. The molecule has 0 aliphatic heterocycles. The molecule has 0 aromatic heterocycles. The summed E-state index contributed by atoms with van der Waals surface area (Å²) in [6.45, 7) is 2.07. The fourth-order valence-electron chi connectivity index (χ4n) is 3.02. The Morgan fingerprint density at radius 3 is 1.74 bits per heavy atom. The second-order valence-electron chi connectivity index (χ2n) is 5.61. The van der Waals surface area contributed by atoms with E-state index in [1.807, 2.05) is 24.3 Å². The largest absolute Gasteiger partial charge is 0.508 e.